The van der Waals surface area contributed by atoms with Gasteiger partial charge < -0.3 is 15.0 Å². The molecule has 0 radical (unpaired) electrons. The number of benzene rings is 3. The van der Waals surface area contributed by atoms with Crippen molar-refractivity contribution in [2.75, 3.05) is 55.3 Å². The van der Waals surface area contributed by atoms with Crippen molar-refractivity contribution in [2.45, 2.75) is 23.3 Å². The van der Waals surface area contributed by atoms with E-state index < -0.39 is 26.5 Å². The monoisotopic (exact) mass is 758 g/mol. The molecule has 1 aliphatic rings. The number of thiophene rings is 1. The molecule has 52 heavy (non-hydrogen) atoms. The van der Waals surface area contributed by atoms with Crippen molar-refractivity contribution in [3.05, 3.63) is 123 Å². The summed E-state index contributed by atoms with van der Waals surface area (Å²) < 4.78 is 33.9. The van der Waals surface area contributed by atoms with Gasteiger partial charge in [-0.05, 0) is 78.5 Å². The number of ether oxygens (including phenoxy) is 1. The largest absolute Gasteiger partial charge is 0.492 e. The number of hydrogen-bond donors (Lipinski definition) is 2. The number of piperazine rings is 1. The van der Waals surface area contributed by atoms with E-state index in [9.17, 15) is 23.3 Å². The zero-order chi connectivity index (χ0) is 36.5. The number of thioether (sulfide) groups is 1. The Labute approximate surface area is 311 Å². The lowest BCUT2D eigenvalue weighted by Crippen LogP contribution is -2.45. The first-order chi connectivity index (χ1) is 25.2. The van der Waals surface area contributed by atoms with E-state index in [0.29, 0.717) is 18.9 Å². The minimum absolute atomic E-state index is 0.158. The lowest BCUT2D eigenvalue weighted by molar-refractivity contribution is -0.384. The first kappa shape index (κ1) is 36.8. The Morgan fingerprint density at radius 3 is 2.48 bits per heavy atom. The summed E-state index contributed by atoms with van der Waals surface area (Å²) in [4.78, 5) is 35.1. The third kappa shape index (κ3) is 9.47. The number of aromatic nitrogens is 1. The molecular weight excluding hydrogens is 721 g/mol. The number of anilines is 2. The van der Waals surface area contributed by atoms with Gasteiger partial charge in [-0.3, -0.25) is 24.8 Å². The van der Waals surface area contributed by atoms with Gasteiger partial charge in [0.1, 0.15) is 11.4 Å². The van der Waals surface area contributed by atoms with Crippen molar-refractivity contribution < 1.29 is 22.9 Å². The van der Waals surface area contributed by atoms with Crippen molar-refractivity contribution in [2.24, 2.45) is 0 Å². The third-order valence-electron chi connectivity index (χ3n) is 8.39. The first-order valence-electron chi connectivity index (χ1n) is 16.7. The Hall–Kier alpha value is -4.96. The highest BCUT2D eigenvalue weighted by Gasteiger charge is 2.24. The van der Waals surface area contributed by atoms with Gasteiger partial charge in [0.15, 0.2) is 0 Å². The van der Waals surface area contributed by atoms with E-state index in [1.807, 2.05) is 49.5 Å². The van der Waals surface area contributed by atoms with Crippen molar-refractivity contribution >= 4 is 56.1 Å². The van der Waals surface area contributed by atoms with Gasteiger partial charge in [0.2, 0.25) is 0 Å². The average molecular weight is 759 g/mol. The van der Waals surface area contributed by atoms with Gasteiger partial charge in [0.25, 0.3) is 21.6 Å². The molecule has 1 aliphatic heterocycles. The van der Waals surface area contributed by atoms with Gasteiger partial charge in [0, 0.05) is 83.9 Å². The molecule has 0 bridgehead atoms. The highest BCUT2D eigenvalue weighted by atomic mass is 32.2. The molecule has 5 aromatic rings. The van der Waals surface area contributed by atoms with E-state index in [0.717, 1.165) is 66.2 Å². The van der Waals surface area contributed by atoms with Crippen LogP contribution in [0.3, 0.4) is 0 Å². The van der Waals surface area contributed by atoms with Crippen LogP contribution >= 0.6 is 23.1 Å². The molecule has 2 aromatic heterocycles. The summed E-state index contributed by atoms with van der Waals surface area (Å²) >= 11 is 3.32. The van der Waals surface area contributed by atoms with Gasteiger partial charge in [0.05, 0.1) is 22.6 Å². The number of nitro groups is 1. The van der Waals surface area contributed by atoms with Gasteiger partial charge >= 0.3 is 0 Å². The molecule has 6 rings (SSSR count). The minimum atomic E-state index is -4.38. The summed E-state index contributed by atoms with van der Waals surface area (Å²) in [6.07, 6.45) is 3.57. The Morgan fingerprint density at radius 2 is 1.75 bits per heavy atom. The van der Waals surface area contributed by atoms with Crippen LogP contribution in [0.25, 0.3) is 11.1 Å². The Balaban J connectivity index is 0.999. The minimum Gasteiger partial charge on any atom is -0.492 e. The standard InChI is InChI=1S/C37H38N6O6S3/c1-2-49-31-20-28(23-38-24-31)29-21-33(51-26-29)25-41-15-17-42(18-16-41)30-10-8-27(9-11-30)37(44)40-52(47,48)34-12-13-35(36(22-34)43(45)46)39-14-19-50-32-6-4-3-5-7-32/h3-13,20-24,26,39H,2,14-19,25H2,1H3,(H,40,44). The topological polar surface area (TPSA) is 147 Å². The molecule has 15 heteroatoms. The molecular formula is C37H38N6O6S3. The lowest BCUT2D eigenvalue weighted by Gasteiger charge is -2.36. The van der Waals surface area contributed by atoms with E-state index in [1.54, 1.807) is 53.6 Å². The quantitative estimate of drug-likeness (QED) is 0.0505. The Bertz CT molecular complexity index is 2100. The van der Waals surface area contributed by atoms with E-state index in [1.165, 1.54) is 17.0 Å². The molecule has 270 valence electrons. The van der Waals surface area contributed by atoms with Gasteiger partial charge in [-0.25, -0.2) is 13.1 Å². The Morgan fingerprint density at radius 1 is 0.981 bits per heavy atom. The van der Waals surface area contributed by atoms with Crippen LogP contribution in [0.5, 0.6) is 5.75 Å². The normalized spacial score (nSPS) is 13.4. The van der Waals surface area contributed by atoms with Crippen LogP contribution < -0.4 is 19.7 Å². The number of sulfonamides is 1. The molecule has 0 unspecified atom stereocenters. The lowest BCUT2D eigenvalue weighted by atomic mass is 10.1. The molecule has 1 amide bonds. The van der Waals surface area contributed by atoms with Crippen LogP contribution in [0, 0.1) is 10.1 Å². The number of nitrogens with one attached hydrogen (secondary N) is 2. The second kappa shape index (κ2) is 17.0. The maximum Gasteiger partial charge on any atom is 0.293 e. The molecule has 2 N–H and O–H groups in total. The zero-order valence-electron chi connectivity index (χ0n) is 28.4. The fraction of sp³-hybridized carbons (Fsp3) is 0.243. The summed E-state index contributed by atoms with van der Waals surface area (Å²) in [7, 11) is -4.38. The highest BCUT2D eigenvalue weighted by Crippen LogP contribution is 2.30. The SMILES string of the molecule is CCOc1cncc(-c2csc(CN3CCN(c4ccc(C(=O)NS(=O)(=O)c5ccc(NCCSc6ccccc6)c([N+](=O)[O-])c5)cc4)CC3)c2)c1. The van der Waals surface area contributed by atoms with E-state index in [-0.39, 0.29) is 16.1 Å². The van der Waals surface area contributed by atoms with Crippen molar-refractivity contribution in [3.8, 4) is 16.9 Å². The molecule has 3 heterocycles. The number of carbonyl (C=O) groups excluding carboxylic acids is 1. The Kier molecular flexibility index (Phi) is 12.1. The van der Waals surface area contributed by atoms with Crippen LogP contribution in [-0.4, -0.2) is 74.2 Å². The maximum atomic E-state index is 13.1. The van der Waals surface area contributed by atoms with Gasteiger partial charge in [-0.2, -0.15) is 0 Å². The second-order valence-electron chi connectivity index (χ2n) is 11.9. The number of hydrogen-bond acceptors (Lipinski definition) is 12. The van der Waals surface area contributed by atoms with Gasteiger partial charge in [-0.15, -0.1) is 23.1 Å². The van der Waals surface area contributed by atoms with Crippen LogP contribution in [0.4, 0.5) is 17.1 Å². The number of amides is 1. The molecule has 3 aromatic carbocycles. The third-order valence-corrected chi connectivity index (χ3v) is 11.7. The van der Waals surface area contributed by atoms with Crippen LogP contribution in [0.1, 0.15) is 22.2 Å². The molecule has 0 spiro atoms. The summed E-state index contributed by atoms with van der Waals surface area (Å²) in [6, 6.07) is 24.3. The smallest absolute Gasteiger partial charge is 0.293 e. The summed E-state index contributed by atoms with van der Waals surface area (Å²) in [5.74, 6) is 0.582. The molecule has 0 saturated carbocycles. The van der Waals surface area contributed by atoms with Crippen molar-refractivity contribution in [1.29, 1.82) is 0 Å². The summed E-state index contributed by atoms with van der Waals surface area (Å²) in [5.41, 5.74) is 3.04. The zero-order valence-corrected chi connectivity index (χ0v) is 30.9. The van der Waals surface area contributed by atoms with E-state index in [4.69, 9.17) is 4.74 Å². The van der Waals surface area contributed by atoms with Crippen molar-refractivity contribution in [1.82, 2.24) is 14.6 Å². The molecule has 1 fully saturated rings. The van der Waals surface area contributed by atoms with Crippen LogP contribution in [0.15, 0.2) is 112 Å². The number of nitro benzene ring substituents is 1. The average Bonchev–Trinajstić information content (AvgIpc) is 3.63. The number of nitrogens with zero attached hydrogens (tertiary/aromatic N) is 4. The van der Waals surface area contributed by atoms with Crippen molar-refractivity contribution in [3.63, 3.8) is 0 Å². The predicted octanol–water partition coefficient (Wildman–Crippen LogP) is 6.76. The van der Waals surface area contributed by atoms with E-state index >= 15 is 0 Å². The first-order valence-corrected chi connectivity index (χ1v) is 20.0. The van der Waals surface area contributed by atoms with Gasteiger partial charge in [-0.1, -0.05) is 18.2 Å². The predicted molar refractivity (Wildman–Crippen MR) is 206 cm³/mol. The fourth-order valence-corrected chi connectivity index (χ4v) is 8.45. The summed E-state index contributed by atoms with van der Waals surface area (Å²) in [5, 5.41) is 17.0. The second-order valence-corrected chi connectivity index (χ2v) is 15.8. The number of pyridine rings is 1. The number of carbonyl (C=O) groups is 1. The van der Waals surface area contributed by atoms with Crippen LogP contribution in [-0.2, 0) is 16.6 Å². The summed E-state index contributed by atoms with van der Waals surface area (Å²) in [6.45, 7) is 7.14. The van der Waals surface area contributed by atoms with E-state index in [2.05, 4.69) is 36.3 Å². The molecule has 12 nitrogen and oxygen atoms in total. The maximum absolute atomic E-state index is 13.1. The fourth-order valence-electron chi connectivity index (χ4n) is 5.74. The molecule has 1 saturated heterocycles. The number of rotatable bonds is 15. The van der Waals surface area contributed by atoms with Crippen LogP contribution in [0.2, 0.25) is 0 Å². The molecule has 0 atom stereocenters. The highest BCUT2D eigenvalue weighted by molar-refractivity contribution is 7.99. The molecule has 0 aliphatic carbocycles.